The highest BCUT2D eigenvalue weighted by Crippen LogP contribution is 2.43. The van der Waals surface area contributed by atoms with Crippen LogP contribution in [0.4, 0.5) is 0 Å². The number of nitrogens with two attached hydrogens (primary N) is 1. The summed E-state index contributed by atoms with van der Waals surface area (Å²) < 4.78 is 27.0. The molecule has 0 spiro atoms. The number of piperidine rings is 1. The van der Waals surface area contributed by atoms with Crippen molar-refractivity contribution in [2.75, 3.05) is 33.2 Å². The van der Waals surface area contributed by atoms with Gasteiger partial charge in [-0.05, 0) is 57.8 Å². The van der Waals surface area contributed by atoms with Crippen LogP contribution >= 0.6 is 0 Å². The topological polar surface area (TPSA) is 75.4 Å². The van der Waals surface area contributed by atoms with E-state index in [1.165, 1.54) is 0 Å². The number of sulfonamides is 1. The molecule has 2 aliphatic rings. The van der Waals surface area contributed by atoms with Crippen LogP contribution in [0.5, 0.6) is 0 Å². The lowest BCUT2D eigenvalue weighted by molar-refractivity contribution is 0.277. The molecular formula is C11H23N3O2S. The van der Waals surface area contributed by atoms with Gasteiger partial charge in [-0.2, -0.15) is 0 Å². The maximum Gasteiger partial charge on any atom is 0.214 e. The summed E-state index contributed by atoms with van der Waals surface area (Å²) in [7, 11) is -1.11. The quantitative estimate of drug-likeness (QED) is 0.715. The molecule has 0 aromatic carbocycles. The van der Waals surface area contributed by atoms with E-state index in [-0.39, 0.29) is 10.7 Å². The maximum atomic E-state index is 12.1. The predicted molar refractivity (Wildman–Crippen MR) is 68.2 cm³/mol. The molecule has 0 atom stereocenters. The summed E-state index contributed by atoms with van der Waals surface area (Å²) in [6.45, 7) is 2.85. The van der Waals surface area contributed by atoms with Gasteiger partial charge in [-0.3, -0.25) is 0 Å². The molecule has 2 fully saturated rings. The smallest absolute Gasteiger partial charge is 0.214 e. The molecule has 1 saturated carbocycles. The van der Waals surface area contributed by atoms with Crippen molar-refractivity contribution in [3.8, 4) is 0 Å². The number of rotatable bonds is 5. The Kier molecular flexibility index (Phi) is 3.77. The Morgan fingerprint density at radius 3 is 2.41 bits per heavy atom. The largest absolute Gasteiger partial charge is 0.330 e. The van der Waals surface area contributed by atoms with Crippen LogP contribution in [0.1, 0.15) is 25.7 Å². The Balaban J connectivity index is 1.86. The molecule has 5 nitrogen and oxygen atoms in total. The van der Waals surface area contributed by atoms with Gasteiger partial charge < -0.3 is 10.6 Å². The summed E-state index contributed by atoms with van der Waals surface area (Å²) in [5, 5.41) is -0.215. The summed E-state index contributed by atoms with van der Waals surface area (Å²) in [4.78, 5) is 2.17. The number of hydrogen-bond donors (Lipinski definition) is 2. The van der Waals surface area contributed by atoms with E-state index in [1.807, 2.05) is 7.05 Å². The number of nitrogens with zero attached hydrogens (tertiary/aromatic N) is 1. The van der Waals surface area contributed by atoms with Crippen molar-refractivity contribution in [1.29, 1.82) is 0 Å². The van der Waals surface area contributed by atoms with E-state index in [9.17, 15) is 8.42 Å². The van der Waals surface area contributed by atoms with Gasteiger partial charge in [-0.25, -0.2) is 13.1 Å². The molecule has 0 aromatic heterocycles. The van der Waals surface area contributed by atoms with Crippen LogP contribution in [0, 0.1) is 5.41 Å². The molecule has 0 amide bonds. The van der Waals surface area contributed by atoms with E-state index < -0.39 is 10.0 Å². The molecule has 1 aliphatic heterocycles. The minimum atomic E-state index is -3.14. The van der Waals surface area contributed by atoms with Gasteiger partial charge in [0.25, 0.3) is 0 Å². The first kappa shape index (κ1) is 13.3. The third-order valence-corrected chi connectivity index (χ3v) is 6.04. The molecule has 1 heterocycles. The molecule has 0 radical (unpaired) electrons. The molecule has 1 aliphatic carbocycles. The molecule has 17 heavy (non-hydrogen) atoms. The fourth-order valence-corrected chi connectivity index (χ4v) is 3.87. The van der Waals surface area contributed by atoms with Crippen LogP contribution in [0.3, 0.4) is 0 Å². The summed E-state index contributed by atoms with van der Waals surface area (Å²) in [5.74, 6) is 0. The van der Waals surface area contributed by atoms with Crippen molar-refractivity contribution in [3.05, 3.63) is 0 Å². The zero-order valence-electron chi connectivity index (χ0n) is 10.5. The summed E-state index contributed by atoms with van der Waals surface area (Å²) in [5.41, 5.74) is 5.72. The zero-order chi connectivity index (χ0) is 12.5. The third-order valence-electron chi connectivity index (χ3n) is 4.14. The average molecular weight is 261 g/mol. The Bertz CT molecular complexity index is 357. The Hall–Kier alpha value is -0.170. The molecule has 100 valence electrons. The van der Waals surface area contributed by atoms with Crippen molar-refractivity contribution in [2.24, 2.45) is 11.1 Å². The highest BCUT2D eigenvalue weighted by atomic mass is 32.2. The van der Waals surface area contributed by atoms with E-state index in [0.29, 0.717) is 13.1 Å². The van der Waals surface area contributed by atoms with E-state index in [1.54, 1.807) is 0 Å². The molecule has 6 heteroatoms. The molecule has 0 unspecified atom stereocenters. The first-order chi connectivity index (χ1) is 7.97. The number of nitrogens with one attached hydrogen (secondary N) is 1. The van der Waals surface area contributed by atoms with Crippen molar-refractivity contribution in [1.82, 2.24) is 9.62 Å². The molecule has 3 N–H and O–H groups in total. The summed E-state index contributed by atoms with van der Waals surface area (Å²) in [6, 6.07) is 0. The van der Waals surface area contributed by atoms with Crippen molar-refractivity contribution in [2.45, 2.75) is 30.9 Å². The van der Waals surface area contributed by atoms with Gasteiger partial charge in [0.1, 0.15) is 0 Å². The van der Waals surface area contributed by atoms with Gasteiger partial charge in [-0.1, -0.05) is 0 Å². The SMILES string of the molecule is CN1CCC(S(=O)(=O)NCC2(CN)CC2)CC1. The highest BCUT2D eigenvalue weighted by Gasteiger charge is 2.42. The van der Waals surface area contributed by atoms with Crippen LogP contribution in [-0.4, -0.2) is 51.8 Å². The molecule has 2 rings (SSSR count). The van der Waals surface area contributed by atoms with Gasteiger partial charge in [0.2, 0.25) is 10.0 Å². The van der Waals surface area contributed by atoms with Crippen molar-refractivity contribution < 1.29 is 8.42 Å². The van der Waals surface area contributed by atoms with Gasteiger partial charge in [0.05, 0.1) is 5.25 Å². The molecule has 0 bridgehead atoms. The van der Waals surface area contributed by atoms with Gasteiger partial charge in [0.15, 0.2) is 0 Å². The van der Waals surface area contributed by atoms with E-state index in [0.717, 1.165) is 38.8 Å². The van der Waals surface area contributed by atoms with Crippen LogP contribution in [0.15, 0.2) is 0 Å². The zero-order valence-corrected chi connectivity index (χ0v) is 11.3. The van der Waals surface area contributed by atoms with E-state index in [2.05, 4.69) is 9.62 Å². The van der Waals surface area contributed by atoms with Crippen LogP contribution in [0.25, 0.3) is 0 Å². The normalized spacial score (nSPS) is 26.0. The standard InChI is InChI=1S/C11H23N3O2S/c1-14-6-2-10(3-7-14)17(15,16)13-9-11(8-12)4-5-11/h10,13H,2-9,12H2,1H3. The average Bonchev–Trinajstić information content (AvgIpc) is 3.08. The lowest BCUT2D eigenvalue weighted by Crippen LogP contribution is -2.44. The van der Waals surface area contributed by atoms with E-state index >= 15 is 0 Å². The summed E-state index contributed by atoms with van der Waals surface area (Å²) >= 11 is 0. The maximum absolute atomic E-state index is 12.1. The van der Waals surface area contributed by atoms with Crippen LogP contribution < -0.4 is 10.5 Å². The van der Waals surface area contributed by atoms with Crippen molar-refractivity contribution in [3.63, 3.8) is 0 Å². The molecular weight excluding hydrogens is 238 g/mol. The number of hydrogen-bond acceptors (Lipinski definition) is 4. The van der Waals surface area contributed by atoms with Gasteiger partial charge >= 0.3 is 0 Å². The first-order valence-electron chi connectivity index (χ1n) is 6.35. The van der Waals surface area contributed by atoms with Crippen LogP contribution in [0.2, 0.25) is 0 Å². The highest BCUT2D eigenvalue weighted by molar-refractivity contribution is 7.90. The second-order valence-electron chi connectivity index (χ2n) is 5.57. The Labute approximate surface area is 104 Å². The molecule has 1 saturated heterocycles. The number of likely N-dealkylation sites (tertiary alicyclic amines) is 1. The van der Waals surface area contributed by atoms with Crippen molar-refractivity contribution >= 4 is 10.0 Å². The monoisotopic (exact) mass is 261 g/mol. The van der Waals surface area contributed by atoms with Gasteiger partial charge in [0, 0.05) is 6.54 Å². The minimum absolute atomic E-state index is 0.0680. The second kappa shape index (κ2) is 4.84. The fourth-order valence-electron chi connectivity index (χ4n) is 2.30. The first-order valence-corrected chi connectivity index (χ1v) is 7.89. The van der Waals surface area contributed by atoms with E-state index in [4.69, 9.17) is 5.73 Å². The minimum Gasteiger partial charge on any atom is -0.330 e. The summed E-state index contributed by atoms with van der Waals surface area (Å²) in [6.07, 6.45) is 3.59. The Morgan fingerprint density at radius 2 is 1.94 bits per heavy atom. The van der Waals surface area contributed by atoms with Crippen LogP contribution in [-0.2, 0) is 10.0 Å². The fraction of sp³-hybridized carbons (Fsp3) is 1.00. The molecule has 0 aromatic rings. The third kappa shape index (κ3) is 3.19. The lowest BCUT2D eigenvalue weighted by Gasteiger charge is -2.29. The second-order valence-corrected chi connectivity index (χ2v) is 7.62. The van der Waals surface area contributed by atoms with Gasteiger partial charge in [-0.15, -0.1) is 0 Å². The lowest BCUT2D eigenvalue weighted by atomic mass is 10.1. The predicted octanol–water partition coefficient (Wildman–Crippen LogP) is -0.261. The Morgan fingerprint density at radius 1 is 1.35 bits per heavy atom.